The topological polar surface area (TPSA) is 125 Å². The first-order chi connectivity index (χ1) is 17.0. The highest BCUT2D eigenvalue weighted by Gasteiger charge is 2.40. The Bertz CT molecular complexity index is 1190. The standard InChI is InChI=1S/C26H30N6O3/c27-22-9-10-23(28-20-3-1-4-21(17-20)32-13-15-35-16-14-32)30-24(22)29-19-7-5-18(6-8-19)26(11-2-12-26)31-25(33)34/h1,3-10,17,31H,2,11-16,27H2,(H,33,34)(H2,28,29,30). The number of anilines is 6. The predicted octanol–water partition coefficient (Wildman–Crippen LogP) is 4.63. The third kappa shape index (κ3) is 5.09. The maximum absolute atomic E-state index is 11.2. The van der Waals surface area contributed by atoms with Gasteiger partial charge in [0.1, 0.15) is 5.82 Å². The minimum Gasteiger partial charge on any atom is -0.465 e. The van der Waals surface area contributed by atoms with Crippen molar-refractivity contribution in [3.05, 3.63) is 66.2 Å². The minimum atomic E-state index is -0.997. The number of amides is 1. The number of nitrogens with zero attached hydrogens (tertiary/aromatic N) is 2. The quantitative estimate of drug-likeness (QED) is 0.336. The molecule has 1 amide bonds. The lowest BCUT2D eigenvalue weighted by molar-refractivity contribution is 0.122. The molecule has 0 bridgehead atoms. The summed E-state index contributed by atoms with van der Waals surface area (Å²) in [6.45, 7) is 3.24. The highest BCUT2D eigenvalue weighted by atomic mass is 16.5. The van der Waals surface area contributed by atoms with Crippen LogP contribution in [0.3, 0.4) is 0 Å². The highest BCUT2D eigenvalue weighted by molar-refractivity contribution is 5.73. The Hall–Kier alpha value is -3.98. The molecule has 2 heterocycles. The number of carboxylic acid groups (broad SMARTS) is 1. The van der Waals surface area contributed by atoms with Crippen molar-refractivity contribution in [1.82, 2.24) is 10.3 Å². The van der Waals surface area contributed by atoms with Crippen molar-refractivity contribution in [2.45, 2.75) is 24.8 Å². The SMILES string of the molecule is Nc1ccc(Nc2cccc(N3CCOCC3)c2)nc1Nc1ccc(C2(NC(=O)O)CCC2)cc1. The summed E-state index contributed by atoms with van der Waals surface area (Å²) in [7, 11) is 0. The summed E-state index contributed by atoms with van der Waals surface area (Å²) < 4.78 is 5.45. The highest BCUT2D eigenvalue weighted by Crippen LogP contribution is 2.41. The largest absolute Gasteiger partial charge is 0.465 e. The summed E-state index contributed by atoms with van der Waals surface area (Å²) in [6, 6.07) is 19.7. The van der Waals surface area contributed by atoms with Gasteiger partial charge in [-0.2, -0.15) is 0 Å². The number of carbonyl (C=O) groups is 1. The Labute approximate surface area is 204 Å². The van der Waals surface area contributed by atoms with Gasteiger partial charge in [0, 0.05) is 30.2 Å². The molecule has 6 N–H and O–H groups in total. The fourth-order valence-corrected chi connectivity index (χ4v) is 4.62. The Morgan fingerprint density at radius 1 is 1.00 bits per heavy atom. The van der Waals surface area contributed by atoms with E-state index in [0.717, 1.165) is 68.2 Å². The number of morpholine rings is 1. The number of aromatic nitrogens is 1. The van der Waals surface area contributed by atoms with Gasteiger partial charge in [-0.05, 0) is 67.3 Å². The van der Waals surface area contributed by atoms with Crippen LogP contribution >= 0.6 is 0 Å². The van der Waals surface area contributed by atoms with E-state index in [2.05, 4.69) is 38.0 Å². The molecule has 0 atom stereocenters. The summed E-state index contributed by atoms with van der Waals surface area (Å²) >= 11 is 0. The summed E-state index contributed by atoms with van der Waals surface area (Å²) in [5.41, 5.74) is 10.1. The van der Waals surface area contributed by atoms with Crippen LogP contribution in [0.25, 0.3) is 0 Å². The minimum absolute atomic E-state index is 0.485. The average Bonchev–Trinajstić information content (AvgIpc) is 2.85. The van der Waals surface area contributed by atoms with Crippen LogP contribution in [-0.2, 0) is 10.3 Å². The van der Waals surface area contributed by atoms with Crippen molar-refractivity contribution in [3.8, 4) is 0 Å². The molecule has 35 heavy (non-hydrogen) atoms. The van der Waals surface area contributed by atoms with Crippen LogP contribution in [0.2, 0.25) is 0 Å². The zero-order valence-electron chi connectivity index (χ0n) is 19.5. The van der Waals surface area contributed by atoms with Gasteiger partial charge in [0.2, 0.25) is 0 Å². The molecule has 5 rings (SSSR count). The maximum Gasteiger partial charge on any atom is 0.405 e. The van der Waals surface area contributed by atoms with Gasteiger partial charge in [0.15, 0.2) is 5.82 Å². The van der Waals surface area contributed by atoms with Crippen LogP contribution < -0.4 is 26.6 Å². The van der Waals surface area contributed by atoms with E-state index in [0.29, 0.717) is 17.3 Å². The molecule has 3 aromatic rings. The molecule has 1 aromatic heterocycles. The van der Waals surface area contributed by atoms with Crippen molar-refractivity contribution in [3.63, 3.8) is 0 Å². The second kappa shape index (κ2) is 9.71. The first-order valence-electron chi connectivity index (χ1n) is 11.9. The number of nitrogens with two attached hydrogens (primary N) is 1. The van der Waals surface area contributed by atoms with E-state index in [4.69, 9.17) is 10.5 Å². The maximum atomic E-state index is 11.2. The third-order valence-corrected chi connectivity index (χ3v) is 6.67. The zero-order valence-corrected chi connectivity index (χ0v) is 19.5. The summed E-state index contributed by atoms with van der Waals surface area (Å²) in [4.78, 5) is 18.2. The Morgan fingerprint density at radius 3 is 2.46 bits per heavy atom. The molecule has 2 fully saturated rings. The Kier molecular flexibility index (Phi) is 6.33. The van der Waals surface area contributed by atoms with E-state index in [1.165, 1.54) is 0 Å². The van der Waals surface area contributed by atoms with Crippen LogP contribution in [0.1, 0.15) is 24.8 Å². The van der Waals surface area contributed by atoms with Gasteiger partial charge < -0.3 is 36.4 Å². The van der Waals surface area contributed by atoms with E-state index in [1.54, 1.807) is 0 Å². The van der Waals surface area contributed by atoms with Crippen LogP contribution in [0.15, 0.2) is 60.7 Å². The van der Waals surface area contributed by atoms with Crippen LogP contribution in [0, 0.1) is 0 Å². The van der Waals surface area contributed by atoms with Gasteiger partial charge in [-0.15, -0.1) is 0 Å². The number of ether oxygens (including phenoxy) is 1. The molecule has 1 aliphatic carbocycles. The number of pyridine rings is 1. The molecule has 9 nitrogen and oxygen atoms in total. The first-order valence-corrected chi connectivity index (χ1v) is 11.9. The lowest BCUT2D eigenvalue weighted by Gasteiger charge is -2.42. The fourth-order valence-electron chi connectivity index (χ4n) is 4.62. The molecule has 0 radical (unpaired) electrons. The normalized spacial score (nSPS) is 16.7. The molecule has 1 saturated carbocycles. The van der Waals surface area contributed by atoms with Gasteiger partial charge in [-0.25, -0.2) is 9.78 Å². The number of benzene rings is 2. The van der Waals surface area contributed by atoms with Crippen LogP contribution in [-0.4, -0.2) is 42.5 Å². The van der Waals surface area contributed by atoms with Crippen molar-refractivity contribution in [1.29, 1.82) is 0 Å². The molecule has 182 valence electrons. The lowest BCUT2D eigenvalue weighted by Crippen LogP contribution is -2.50. The number of nitrogen functional groups attached to an aromatic ring is 1. The van der Waals surface area contributed by atoms with E-state index in [9.17, 15) is 9.90 Å². The van der Waals surface area contributed by atoms with E-state index in [1.807, 2.05) is 48.5 Å². The molecule has 9 heteroatoms. The molecule has 2 aromatic carbocycles. The molecule has 2 aliphatic rings. The summed E-state index contributed by atoms with van der Waals surface area (Å²) in [5, 5.41) is 18.6. The molecule has 0 unspecified atom stereocenters. The number of rotatable bonds is 7. The second-order valence-corrected chi connectivity index (χ2v) is 8.98. The predicted molar refractivity (Wildman–Crippen MR) is 138 cm³/mol. The van der Waals surface area contributed by atoms with Gasteiger partial charge >= 0.3 is 6.09 Å². The van der Waals surface area contributed by atoms with Gasteiger partial charge in [0.05, 0.1) is 24.4 Å². The third-order valence-electron chi connectivity index (χ3n) is 6.67. The Balaban J connectivity index is 1.29. The van der Waals surface area contributed by atoms with Crippen LogP contribution in [0.4, 0.5) is 39.2 Å². The Morgan fingerprint density at radius 2 is 1.77 bits per heavy atom. The summed E-state index contributed by atoms with van der Waals surface area (Å²) in [6.07, 6.45) is 1.63. The molecular formula is C26H30N6O3. The second-order valence-electron chi connectivity index (χ2n) is 8.98. The molecule has 1 aliphatic heterocycles. The zero-order chi connectivity index (χ0) is 24.3. The average molecular weight is 475 g/mol. The van der Waals surface area contributed by atoms with Crippen molar-refractivity contribution >= 4 is 40.5 Å². The van der Waals surface area contributed by atoms with Gasteiger partial charge in [-0.3, -0.25) is 0 Å². The number of hydrogen-bond donors (Lipinski definition) is 5. The van der Waals surface area contributed by atoms with Crippen LogP contribution in [0.5, 0.6) is 0 Å². The first kappa shape index (κ1) is 22.8. The molecule has 0 spiro atoms. The van der Waals surface area contributed by atoms with Crippen molar-refractivity contribution < 1.29 is 14.6 Å². The van der Waals surface area contributed by atoms with Crippen molar-refractivity contribution in [2.24, 2.45) is 0 Å². The van der Waals surface area contributed by atoms with E-state index in [-0.39, 0.29) is 0 Å². The summed E-state index contributed by atoms with van der Waals surface area (Å²) in [5.74, 6) is 1.23. The molecule has 1 saturated heterocycles. The number of hydrogen-bond acceptors (Lipinski definition) is 7. The lowest BCUT2D eigenvalue weighted by atomic mass is 9.72. The van der Waals surface area contributed by atoms with E-state index < -0.39 is 11.6 Å². The fraction of sp³-hybridized carbons (Fsp3) is 0.308. The molecular weight excluding hydrogens is 444 g/mol. The monoisotopic (exact) mass is 474 g/mol. The number of nitrogens with one attached hydrogen (secondary N) is 3. The van der Waals surface area contributed by atoms with Gasteiger partial charge in [0.25, 0.3) is 0 Å². The van der Waals surface area contributed by atoms with Gasteiger partial charge in [-0.1, -0.05) is 18.2 Å². The van der Waals surface area contributed by atoms with E-state index >= 15 is 0 Å². The smallest absolute Gasteiger partial charge is 0.405 e. The van der Waals surface area contributed by atoms with Crippen molar-refractivity contribution in [2.75, 3.05) is 47.6 Å².